The quantitative estimate of drug-likeness (QED) is 0.722. The number of hydrogen-bond acceptors (Lipinski definition) is 1. The molecule has 0 saturated heterocycles. The lowest BCUT2D eigenvalue weighted by molar-refractivity contribution is -0.107. The average Bonchev–Trinajstić information content (AvgIpc) is 2.23. The zero-order valence-electron chi connectivity index (χ0n) is 12.6. The van der Waals surface area contributed by atoms with Crippen LogP contribution in [0.5, 0.6) is 0 Å². The van der Waals surface area contributed by atoms with E-state index in [1.807, 2.05) is 0 Å². The lowest BCUT2D eigenvalue weighted by Crippen LogP contribution is -2.18. The molecular weight excluding hydrogens is 220 g/mol. The van der Waals surface area contributed by atoms with E-state index in [9.17, 15) is 4.79 Å². The van der Waals surface area contributed by atoms with Crippen LogP contribution in [0.25, 0.3) is 0 Å². The fourth-order valence-corrected chi connectivity index (χ4v) is 2.17. The Kier molecular flexibility index (Phi) is 4.37. The molecule has 0 aliphatic heterocycles. The monoisotopic (exact) mass is 246 g/mol. The summed E-state index contributed by atoms with van der Waals surface area (Å²) in [6, 6.07) is 6.72. The minimum absolute atomic E-state index is 0.124. The Hall–Kier alpha value is -1.11. The van der Waals surface area contributed by atoms with E-state index in [4.69, 9.17) is 0 Å². The number of carbonyl (C=O) groups excluding carboxylic acids is 1. The number of benzene rings is 1. The lowest BCUT2D eigenvalue weighted by atomic mass is 9.78. The molecule has 0 bridgehead atoms. The maximum absolute atomic E-state index is 10.6. The van der Waals surface area contributed by atoms with Crippen LogP contribution in [0.15, 0.2) is 18.2 Å². The van der Waals surface area contributed by atoms with Gasteiger partial charge in [-0.25, -0.2) is 0 Å². The van der Waals surface area contributed by atoms with Crippen molar-refractivity contribution in [2.24, 2.45) is 0 Å². The van der Waals surface area contributed by atoms with Crippen LogP contribution in [0.2, 0.25) is 0 Å². The van der Waals surface area contributed by atoms with E-state index in [1.54, 1.807) is 0 Å². The minimum Gasteiger partial charge on any atom is -0.303 e. The summed E-state index contributed by atoms with van der Waals surface area (Å²) in [6.07, 6.45) is 2.46. The molecule has 0 saturated carbocycles. The molecule has 0 radical (unpaired) electrons. The van der Waals surface area contributed by atoms with Crippen molar-refractivity contribution in [2.45, 2.75) is 65.2 Å². The van der Waals surface area contributed by atoms with Crippen LogP contribution in [0.4, 0.5) is 0 Å². The highest BCUT2D eigenvalue weighted by Crippen LogP contribution is 2.31. The maximum Gasteiger partial charge on any atom is 0.120 e. The van der Waals surface area contributed by atoms with E-state index in [1.165, 1.54) is 16.7 Å². The molecule has 0 heterocycles. The standard InChI is InChI=1S/C17H26O/c1-16(2,3)14-10-9-13(8-7-11-18)15(12-14)17(4,5)6/h9-12H,7-8H2,1-6H3. The van der Waals surface area contributed by atoms with Crippen molar-refractivity contribution in [3.8, 4) is 0 Å². The minimum atomic E-state index is 0.124. The van der Waals surface area contributed by atoms with Crippen LogP contribution in [-0.4, -0.2) is 6.29 Å². The molecule has 0 spiro atoms. The molecule has 0 N–H and O–H groups in total. The van der Waals surface area contributed by atoms with Crippen molar-refractivity contribution >= 4 is 6.29 Å². The number of carbonyl (C=O) groups is 1. The molecule has 0 atom stereocenters. The van der Waals surface area contributed by atoms with E-state index in [2.05, 4.69) is 59.7 Å². The SMILES string of the molecule is CC(C)(C)c1ccc(CCC=O)c(C(C)(C)C)c1. The van der Waals surface area contributed by atoms with Gasteiger partial charge in [0.05, 0.1) is 0 Å². The topological polar surface area (TPSA) is 17.1 Å². The first-order valence-electron chi connectivity index (χ1n) is 6.74. The third-order valence-corrected chi connectivity index (χ3v) is 3.32. The molecule has 0 aliphatic rings. The molecule has 1 nitrogen and oxygen atoms in total. The van der Waals surface area contributed by atoms with Crippen molar-refractivity contribution in [3.05, 3.63) is 34.9 Å². The van der Waals surface area contributed by atoms with Crippen LogP contribution in [0.3, 0.4) is 0 Å². The van der Waals surface area contributed by atoms with Crippen molar-refractivity contribution in [2.75, 3.05) is 0 Å². The zero-order valence-corrected chi connectivity index (χ0v) is 12.6. The largest absolute Gasteiger partial charge is 0.303 e. The predicted octanol–water partition coefficient (Wildman–Crippen LogP) is 4.41. The second kappa shape index (κ2) is 5.26. The third-order valence-electron chi connectivity index (χ3n) is 3.32. The van der Waals surface area contributed by atoms with Crippen molar-refractivity contribution in [3.63, 3.8) is 0 Å². The van der Waals surface area contributed by atoms with Gasteiger partial charge >= 0.3 is 0 Å². The van der Waals surface area contributed by atoms with Gasteiger partial charge in [0, 0.05) is 6.42 Å². The van der Waals surface area contributed by atoms with E-state index in [0.29, 0.717) is 6.42 Å². The Bertz CT molecular complexity index is 416. The summed E-state index contributed by atoms with van der Waals surface area (Å²) in [5.41, 5.74) is 4.34. The van der Waals surface area contributed by atoms with E-state index in [0.717, 1.165) is 12.7 Å². The number of aldehydes is 1. The van der Waals surface area contributed by atoms with E-state index >= 15 is 0 Å². The molecule has 100 valence electrons. The second-order valence-corrected chi connectivity index (χ2v) is 7.08. The van der Waals surface area contributed by atoms with Gasteiger partial charge in [-0.15, -0.1) is 0 Å². The van der Waals surface area contributed by atoms with Gasteiger partial charge in [-0.2, -0.15) is 0 Å². The Morgan fingerprint density at radius 2 is 1.61 bits per heavy atom. The van der Waals surface area contributed by atoms with Gasteiger partial charge < -0.3 is 4.79 Å². The summed E-state index contributed by atoms with van der Waals surface area (Å²) in [5.74, 6) is 0. The Balaban J connectivity index is 3.25. The summed E-state index contributed by atoms with van der Waals surface area (Å²) >= 11 is 0. The molecule has 1 heteroatoms. The van der Waals surface area contributed by atoms with E-state index in [-0.39, 0.29) is 10.8 Å². The van der Waals surface area contributed by atoms with Crippen LogP contribution in [0, 0.1) is 0 Å². The van der Waals surface area contributed by atoms with Gasteiger partial charge in [0.15, 0.2) is 0 Å². The Morgan fingerprint density at radius 1 is 1.00 bits per heavy atom. The molecule has 0 fully saturated rings. The van der Waals surface area contributed by atoms with Crippen LogP contribution < -0.4 is 0 Å². The third kappa shape index (κ3) is 3.69. The molecule has 0 aliphatic carbocycles. The fourth-order valence-electron chi connectivity index (χ4n) is 2.17. The van der Waals surface area contributed by atoms with Gasteiger partial charge in [-0.1, -0.05) is 59.7 Å². The lowest BCUT2D eigenvalue weighted by Gasteiger charge is -2.27. The molecular formula is C17H26O. The summed E-state index contributed by atoms with van der Waals surface area (Å²) in [7, 11) is 0. The predicted molar refractivity (Wildman–Crippen MR) is 78.2 cm³/mol. The van der Waals surface area contributed by atoms with Gasteiger partial charge in [0.1, 0.15) is 6.29 Å². The van der Waals surface area contributed by atoms with Gasteiger partial charge in [-0.3, -0.25) is 0 Å². The smallest absolute Gasteiger partial charge is 0.120 e. The Labute approximate surface area is 112 Å². The molecule has 18 heavy (non-hydrogen) atoms. The maximum atomic E-state index is 10.6. The summed E-state index contributed by atoms with van der Waals surface area (Å²) in [6.45, 7) is 13.4. The van der Waals surface area contributed by atoms with Crippen LogP contribution >= 0.6 is 0 Å². The first-order chi connectivity index (χ1) is 8.16. The normalized spacial score (nSPS) is 12.6. The first kappa shape index (κ1) is 14.9. The fraction of sp³-hybridized carbons (Fsp3) is 0.588. The van der Waals surface area contributed by atoms with Gasteiger partial charge in [0.25, 0.3) is 0 Å². The Morgan fingerprint density at radius 3 is 2.06 bits per heavy atom. The number of rotatable bonds is 3. The molecule has 1 aromatic rings. The van der Waals surface area contributed by atoms with Crippen LogP contribution in [-0.2, 0) is 22.0 Å². The van der Waals surface area contributed by atoms with Crippen molar-refractivity contribution < 1.29 is 4.79 Å². The van der Waals surface area contributed by atoms with Gasteiger partial charge in [-0.05, 0) is 33.9 Å². The molecule has 0 unspecified atom stereocenters. The summed E-state index contributed by atoms with van der Waals surface area (Å²) < 4.78 is 0. The second-order valence-electron chi connectivity index (χ2n) is 7.08. The number of aryl methyl sites for hydroxylation is 1. The average molecular weight is 246 g/mol. The zero-order chi connectivity index (χ0) is 14.0. The highest BCUT2D eigenvalue weighted by Gasteiger charge is 2.21. The molecule has 0 amide bonds. The highest BCUT2D eigenvalue weighted by atomic mass is 16.1. The van der Waals surface area contributed by atoms with Crippen molar-refractivity contribution in [1.82, 2.24) is 0 Å². The first-order valence-corrected chi connectivity index (χ1v) is 6.74. The summed E-state index contributed by atoms with van der Waals surface area (Å²) in [4.78, 5) is 10.6. The molecule has 0 aromatic heterocycles. The molecule has 1 aromatic carbocycles. The van der Waals surface area contributed by atoms with Gasteiger partial charge in [0.2, 0.25) is 0 Å². The number of hydrogen-bond donors (Lipinski definition) is 0. The van der Waals surface area contributed by atoms with Crippen LogP contribution in [0.1, 0.15) is 64.7 Å². The summed E-state index contributed by atoms with van der Waals surface area (Å²) in [5, 5.41) is 0. The van der Waals surface area contributed by atoms with E-state index < -0.39 is 0 Å². The molecule has 1 rings (SSSR count). The van der Waals surface area contributed by atoms with Crippen molar-refractivity contribution in [1.29, 1.82) is 0 Å². The highest BCUT2D eigenvalue weighted by molar-refractivity contribution is 5.51.